The first-order valence-corrected chi connectivity index (χ1v) is 7.41. The molecule has 21 heavy (non-hydrogen) atoms. The zero-order chi connectivity index (χ0) is 15.2. The normalized spacial score (nSPS) is 16.7. The maximum absolute atomic E-state index is 13.6. The van der Waals surface area contributed by atoms with Gasteiger partial charge in [-0.05, 0) is 50.5 Å². The number of para-hydroxylation sites is 1. The molecule has 1 saturated heterocycles. The van der Waals surface area contributed by atoms with Gasteiger partial charge in [-0.1, -0.05) is 13.0 Å². The molecule has 0 bridgehead atoms. The lowest BCUT2D eigenvalue weighted by molar-refractivity contribution is 0.0937. The van der Waals surface area contributed by atoms with Gasteiger partial charge in [0.1, 0.15) is 5.82 Å². The van der Waals surface area contributed by atoms with Crippen molar-refractivity contribution >= 4 is 11.6 Å². The van der Waals surface area contributed by atoms with Gasteiger partial charge in [-0.25, -0.2) is 4.39 Å². The standard InChI is InChI=1S/C15H23FN4O/c1-2-20-8-6-11(7-9-20)10-18-15(21)12-4-3-5-13(16)14(12)19-17/h3-5,11,19H,2,6-10,17H2,1H3,(H,18,21). The highest BCUT2D eigenvalue weighted by molar-refractivity contribution is 5.99. The fourth-order valence-corrected chi connectivity index (χ4v) is 2.70. The molecule has 2 rings (SSSR count). The number of amides is 1. The largest absolute Gasteiger partial charge is 0.352 e. The minimum absolute atomic E-state index is 0.0378. The molecule has 0 radical (unpaired) electrons. The van der Waals surface area contributed by atoms with Crippen molar-refractivity contribution in [2.24, 2.45) is 11.8 Å². The van der Waals surface area contributed by atoms with Gasteiger partial charge in [-0.2, -0.15) is 0 Å². The molecule has 5 nitrogen and oxygen atoms in total. The van der Waals surface area contributed by atoms with Gasteiger partial charge in [0.25, 0.3) is 5.91 Å². The number of rotatable bonds is 5. The van der Waals surface area contributed by atoms with Crippen LogP contribution in [0.5, 0.6) is 0 Å². The molecule has 1 aliphatic rings. The zero-order valence-corrected chi connectivity index (χ0v) is 12.4. The summed E-state index contributed by atoms with van der Waals surface area (Å²) < 4.78 is 13.6. The Hall–Kier alpha value is -1.66. The summed E-state index contributed by atoms with van der Waals surface area (Å²) in [7, 11) is 0. The third-order valence-corrected chi connectivity index (χ3v) is 4.11. The number of nitrogens with one attached hydrogen (secondary N) is 2. The Balaban J connectivity index is 1.89. The first kappa shape index (κ1) is 15.7. The van der Waals surface area contributed by atoms with E-state index in [-0.39, 0.29) is 17.2 Å². The molecule has 0 unspecified atom stereocenters. The molecule has 0 atom stereocenters. The Morgan fingerprint density at radius 1 is 1.43 bits per heavy atom. The van der Waals surface area contributed by atoms with Crippen LogP contribution in [-0.4, -0.2) is 37.0 Å². The van der Waals surface area contributed by atoms with E-state index in [4.69, 9.17) is 5.84 Å². The maximum Gasteiger partial charge on any atom is 0.253 e. The van der Waals surface area contributed by atoms with E-state index in [1.807, 2.05) is 0 Å². The van der Waals surface area contributed by atoms with Crippen LogP contribution >= 0.6 is 0 Å². The van der Waals surface area contributed by atoms with Crippen molar-refractivity contribution in [3.05, 3.63) is 29.6 Å². The number of nitrogens with zero attached hydrogens (tertiary/aromatic N) is 1. The Morgan fingerprint density at radius 3 is 2.76 bits per heavy atom. The van der Waals surface area contributed by atoms with Crippen molar-refractivity contribution in [2.45, 2.75) is 19.8 Å². The number of carbonyl (C=O) groups is 1. The molecule has 1 heterocycles. The van der Waals surface area contributed by atoms with Crippen LogP contribution in [0.25, 0.3) is 0 Å². The molecular weight excluding hydrogens is 271 g/mol. The number of nitrogens with two attached hydrogens (primary N) is 1. The molecular formula is C15H23FN4O. The molecule has 1 amide bonds. The minimum atomic E-state index is -0.526. The Labute approximate surface area is 124 Å². The van der Waals surface area contributed by atoms with Gasteiger partial charge in [-0.3, -0.25) is 10.6 Å². The van der Waals surface area contributed by atoms with Gasteiger partial charge in [-0.15, -0.1) is 0 Å². The van der Waals surface area contributed by atoms with Crippen LogP contribution in [0, 0.1) is 11.7 Å². The molecule has 0 aromatic heterocycles. The predicted molar refractivity (Wildman–Crippen MR) is 81.4 cm³/mol. The first-order valence-electron chi connectivity index (χ1n) is 7.41. The highest BCUT2D eigenvalue weighted by Gasteiger charge is 2.20. The lowest BCUT2D eigenvalue weighted by Crippen LogP contribution is -2.38. The van der Waals surface area contributed by atoms with Crippen LogP contribution in [0.15, 0.2) is 18.2 Å². The molecule has 0 saturated carbocycles. The molecule has 0 aliphatic carbocycles. The average molecular weight is 294 g/mol. The molecule has 1 aliphatic heterocycles. The summed E-state index contributed by atoms with van der Waals surface area (Å²) in [6.45, 7) is 6.01. The molecule has 1 fully saturated rings. The summed E-state index contributed by atoms with van der Waals surface area (Å²) >= 11 is 0. The number of piperidine rings is 1. The third-order valence-electron chi connectivity index (χ3n) is 4.11. The van der Waals surface area contributed by atoms with E-state index in [1.165, 1.54) is 12.1 Å². The topological polar surface area (TPSA) is 70.4 Å². The number of carbonyl (C=O) groups excluding carboxylic acids is 1. The SMILES string of the molecule is CCN1CCC(CNC(=O)c2cccc(F)c2NN)CC1. The van der Waals surface area contributed by atoms with E-state index in [0.717, 1.165) is 32.5 Å². The van der Waals surface area contributed by atoms with Crippen molar-refractivity contribution in [2.75, 3.05) is 31.6 Å². The summed E-state index contributed by atoms with van der Waals surface area (Å²) in [5.74, 6) is 4.95. The molecule has 1 aromatic rings. The van der Waals surface area contributed by atoms with E-state index >= 15 is 0 Å². The average Bonchev–Trinajstić information content (AvgIpc) is 2.52. The van der Waals surface area contributed by atoms with Crippen LogP contribution < -0.4 is 16.6 Å². The van der Waals surface area contributed by atoms with E-state index < -0.39 is 5.82 Å². The van der Waals surface area contributed by atoms with E-state index in [1.54, 1.807) is 6.07 Å². The number of hydrogen-bond acceptors (Lipinski definition) is 4. The quantitative estimate of drug-likeness (QED) is 0.569. The van der Waals surface area contributed by atoms with Gasteiger partial charge < -0.3 is 15.6 Å². The number of halogens is 1. The van der Waals surface area contributed by atoms with E-state index in [0.29, 0.717) is 12.5 Å². The number of nitrogen functional groups attached to an aromatic ring is 1. The van der Waals surface area contributed by atoms with Crippen LogP contribution in [0.2, 0.25) is 0 Å². The van der Waals surface area contributed by atoms with Crippen molar-refractivity contribution in [3.8, 4) is 0 Å². The Kier molecular flexibility index (Phi) is 5.52. The molecule has 0 spiro atoms. The fourth-order valence-electron chi connectivity index (χ4n) is 2.70. The number of benzene rings is 1. The molecule has 1 aromatic carbocycles. The minimum Gasteiger partial charge on any atom is -0.352 e. The summed E-state index contributed by atoms with van der Waals surface area (Å²) in [4.78, 5) is 14.6. The summed E-state index contributed by atoms with van der Waals surface area (Å²) in [5.41, 5.74) is 2.53. The van der Waals surface area contributed by atoms with Gasteiger partial charge in [0.05, 0.1) is 11.3 Å². The second kappa shape index (κ2) is 7.38. The fraction of sp³-hybridized carbons (Fsp3) is 0.533. The van der Waals surface area contributed by atoms with Gasteiger partial charge in [0, 0.05) is 6.54 Å². The van der Waals surface area contributed by atoms with Crippen molar-refractivity contribution in [3.63, 3.8) is 0 Å². The van der Waals surface area contributed by atoms with Crippen LogP contribution in [0.3, 0.4) is 0 Å². The smallest absolute Gasteiger partial charge is 0.253 e. The highest BCUT2D eigenvalue weighted by atomic mass is 19.1. The highest BCUT2D eigenvalue weighted by Crippen LogP contribution is 2.19. The van der Waals surface area contributed by atoms with Gasteiger partial charge in [0.15, 0.2) is 0 Å². The van der Waals surface area contributed by atoms with Crippen molar-refractivity contribution in [1.82, 2.24) is 10.2 Å². The molecule has 116 valence electrons. The third kappa shape index (κ3) is 3.92. The molecule has 6 heteroatoms. The number of hydrogen-bond donors (Lipinski definition) is 3. The monoisotopic (exact) mass is 294 g/mol. The van der Waals surface area contributed by atoms with Crippen LogP contribution in [0.4, 0.5) is 10.1 Å². The van der Waals surface area contributed by atoms with Crippen LogP contribution in [0.1, 0.15) is 30.1 Å². The predicted octanol–water partition coefficient (Wildman–Crippen LogP) is 1.57. The van der Waals surface area contributed by atoms with Gasteiger partial charge >= 0.3 is 0 Å². The van der Waals surface area contributed by atoms with Crippen molar-refractivity contribution in [1.29, 1.82) is 0 Å². The second-order valence-corrected chi connectivity index (χ2v) is 5.39. The lowest BCUT2D eigenvalue weighted by Gasteiger charge is -2.31. The number of hydrazine groups is 1. The number of anilines is 1. The summed E-state index contributed by atoms with van der Waals surface area (Å²) in [6, 6.07) is 4.34. The maximum atomic E-state index is 13.6. The lowest BCUT2D eigenvalue weighted by atomic mass is 9.96. The summed E-state index contributed by atoms with van der Waals surface area (Å²) in [6.07, 6.45) is 2.17. The summed E-state index contributed by atoms with van der Waals surface area (Å²) in [5, 5.41) is 2.88. The second-order valence-electron chi connectivity index (χ2n) is 5.39. The number of likely N-dealkylation sites (tertiary alicyclic amines) is 1. The first-order chi connectivity index (χ1) is 10.2. The van der Waals surface area contributed by atoms with E-state index in [2.05, 4.69) is 22.6 Å². The zero-order valence-electron chi connectivity index (χ0n) is 12.4. The Bertz CT molecular complexity index is 487. The van der Waals surface area contributed by atoms with Crippen LogP contribution in [-0.2, 0) is 0 Å². The van der Waals surface area contributed by atoms with E-state index in [9.17, 15) is 9.18 Å². The molecule has 4 N–H and O–H groups in total. The van der Waals surface area contributed by atoms with Gasteiger partial charge in [0.2, 0.25) is 0 Å². The Morgan fingerprint density at radius 2 is 2.14 bits per heavy atom. The van der Waals surface area contributed by atoms with Crippen molar-refractivity contribution < 1.29 is 9.18 Å².